The van der Waals surface area contributed by atoms with Gasteiger partial charge in [-0.3, -0.25) is 14.6 Å². The van der Waals surface area contributed by atoms with Gasteiger partial charge in [0, 0.05) is 41.7 Å². The SMILES string of the molecule is CCc1cc2nccc(Oc3ccc(CC(=O)c4c[nH]c(C)c(-c5ccc(F)cc5)c4=O)cc3F)c2nc1OC. The molecular formula is C31H25F2N3O4. The van der Waals surface area contributed by atoms with Crippen LogP contribution in [0.15, 0.2) is 71.8 Å². The van der Waals surface area contributed by atoms with Gasteiger partial charge in [-0.1, -0.05) is 25.1 Å². The van der Waals surface area contributed by atoms with Gasteiger partial charge in [0.05, 0.1) is 18.2 Å². The first kappa shape index (κ1) is 26.7. The lowest BCUT2D eigenvalue weighted by Crippen LogP contribution is -2.20. The summed E-state index contributed by atoms with van der Waals surface area (Å²) in [7, 11) is 1.53. The summed E-state index contributed by atoms with van der Waals surface area (Å²) in [5.41, 5.74) is 3.02. The molecule has 0 unspecified atom stereocenters. The highest BCUT2D eigenvalue weighted by atomic mass is 19.1. The lowest BCUT2D eigenvalue weighted by atomic mass is 9.98. The molecule has 3 aromatic heterocycles. The van der Waals surface area contributed by atoms with E-state index >= 15 is 4.39 Å². The first-order valence-electron chi connectivity index (χ1n) is 12.6. The van der Waals surface area contributed by atoms with Crippen LogP contribution >= 0.6 is 0 Å². The number of aromatic nitrogens is 3. The van der Waals surface area contributed by atoms with Crippen LogP contribution in [0.5, 0.6) is 17.4 Å². The fourth-order valence-corrected chi connectivity index (χ4v) is 4.51. The molecule has 0 aliphatic heterocycles. The molecule has 0 aliphatic rings. The van der Waals surface area contributed by atoms with Gasteiger partial charge in [0.25, 0.3) is 0 Å². The number of ketones is 1. The van der Waals surface area contributed by atoms with Crippen molar-refractivity contribution in [3.05, 3.63) is 111 Å². The Bertz CT molecular complexity index is 1800. The number of aryl methyl sites for hydroxylation is 2. The van der Waals surface area contributed by atoms with E-state index in [9.17, 15) is 14.0 Å². The van der Waals surface area contributed by atoms with Crippen LogP contribution < -0.4 is 14.9 Å². The first-order valence-corrected chi connectivity index (χ1v) is 12.6. The van der Waals surface area contributed by atoms with Crippen molar-refractivity contribution in [1.82, 2.24) is 15.0 Å². The third-order valence-electron chi connectivity index (χ3n) is 6.58. The molecule has 0 spiro atoms. The number of nitrogens with one attached hydrogen (secondary N) is 1. The fraction of sp³-hybridized carbons (Fsp3) is 0.161. The standard InChI is InChI=1S/C31H25F2N3O4/c1-4-19-15-24-29(36-31(19)39-3)27(11-12-34-24)40-26-10-5-18(13-23(26)33)14-25(37)22-16-35-17(2)28(30(22)38)20-6-8-21(32)9-7-20/h5-13,15-16H,4,14H2,1-3H3,(H,35,38). The smallest absolute Gasteiger partial charge is 0.217 e. The quantitative estimate of drug-likeness (QED) is 0.230. The number of pyridine rings is 3. The second-order valence-electron chi connectivity index (χ2n) is 9.19. The molecule has 0 atom stereocenters. The minimum atomic E-state index is -0.683. The maximum atomic E-state index is 15.1. The second-order valence-corrected chi connectivity index (χ2v) is 9.19. The molecule has 0 saturated heterocycles. The van der Waals surface area contributed by atoms with Crippen molar-refractivity contribution in [2.24, 2.45) is 0 Å². The number of benzene rings is 2. The van der Waals surface area contributed by atoms with Gasteiger partial charge in [-0.25, -0.2) is 13.8 Å². The Morgan fingerprint density at radius 2 is 1.80 bits per heavy atom. The monoisotopic (exact) mass is 541 g/mol. The number of hydrogen-bond acceptors (Lipinski definition) is 6. The molecule has 0 aliphatic carbocycles. The van der Waals surface area contributed by atoms with Gasteiger partial charge in [-0.2, -0.15) is 0 Å². The number of methoxy groups -OCH3 is 1. The van der Waals surface area contributed by atoms with E-state index in [4.69, 9.17) is 9.47 Å². The molecule has 9 heteroatoms. The second kappa shape index (κ2) is 11.1. The first-order chi connectivity index (χ1) is 19.3. The van der Waals surface area contributed by atoms with Gasteiger partial charge in [0.2, 0.25) is 5.88 Å². The van der Waals surface area contributed by atoms with Crippen LogP contribution in [0.3, 0.4) is 0 Å². The zero-order chi connectivity index (χ0) is 28.4. The third-order valence-corrected chi connectivity index (χ3v) is 6.58. The largest absolute Gasteiger partial charge is 0.481 e. The van der Waals surface area contributed by atoms with Crippen LogP contribution in [0.4, 0.5) is 8.78 Å². The average molecular weight is 542 g/mol. The number of carbonyl (C=O) groups excluding carboxylic acids is 1. The van der Waals surface area contributed by atoms with Crippen LogP contribution in [0, 0.1) is 18.6 Å². The number of carbonyl (C=O) groups is 1. The van der Waals surface area contributed by atoms with Crippen molar-refractivity contribution in [2.75, 3.05) is 7.11 Å². The van der Waals surface area contributed by atoms with Crippen molar-refractivity contribution < 1.29 is 23.0 Å². The topological polar surface area (TPSA) is 94.2 Å². The number of H-pyrrole nitrogens is 1. The molecule has 5 rings (SSSR count). The summed E-state index contributed by atoms with van der Waals surface area (Å²) in [5.74, 6) is -0.920. The zero-order valence-corrected chi connectivity index (χ0v) is 22.0. The number of aromatic amines is 1. The highest BCUT2D eigenvalue weighted by molar-refractivity contribution is 5.98. The predicted octanol–water partition coefficient (Wildman–Crippen LogP) is 6.36. The summed E-state index contributed by atoms with van der Waals surface area (Å²) in [5, 5.41) is 0. The highest BCUT2D eigenvalue weighted by Gasteiger charge is 2.19. The summed E-state index contributed by atoms with van der Waals surface area (Å²) >= 11 is 0. The molecule has 0 radical (unpaired) electrons. The van der Waals surface area contributed by atoms with Gasteiger partial charge >= 0.3 is 0 Å². The maximum Gasteiger partial charge on any atom is 0.217 e. The van der Waals surface area contributed by atoms with Gasteiger partial charge in [0.1, 0.15) is 11.3 Å². The Morgan fingerprint density at radius 3 is 2.50 bits per heavy atom. The van der Waals surface area contributed by atoms with Gasteiger partial charge in [0.15, 0.2) is 28.5 Å². The lowest BCUT2D eigenvalue weighted by Gasteiger charge is -2.12. The predicted molar refractivity (Wildman–Crippen MR) is 147 cm³/mol. The van der Waals surface area contributed by atoms with Crippen molar-refractivity contribution in [2.45, 2.75) is 26.7 Å². The normalized spacial score (nSPS) is 11.0. The maximum absolute atomic E-state index is 15.1. The van der Waals surface area contributed by atoms with E-state index in [-0.39, 0.29) is 23.3 Å². The summed E-state index contributed by atoms with van der Waals surface area (Å²) in [6, 6.07) is 13.1. The summed E-state index contributed by atoms with van der Waals surface area (Å²) in [6.45, 7) is 3.68. The molecule has 1 N–H and O–H groups in total. The van der Waals surface area contributed by atoms with Crippen molar-refractivity contribution in [3.63, 3.8) is 0 Å². The van der Waals surface area contributed by atoms with Crippen LogP contribution in [0.25, 0.3) is 22.2 Å². The van der Waals surface area contributed by atoms with Crippen LogP contribution in [-0.4, -0.2) is 27.8 Å². The van der Waals surface area contributed by atoms with Crippen molar-refractivity contribution in [1.29, 1.82) is 0 Å². The average Bonchev–Trinajstić information content (AvgIpc) is 2.94. The van der Waals surface area contributed by atoms with Crippen molar-refractivity contribution >= 4 is 16.8 Å². The number of nitrogens with zero attached hydrogens (tertiary/aromatic N) is 2. The third kappa shape index (κ3) is 5.18. The van der Waals surface area contributed by atoms with Crippen LogP contribution in [0.2, 0.25) is 0 Å². The summed E-state index contributed by atoms with van der Waals surface area (Å²) < 4.78 is 39.7. The molecule has 2 aromatic carbocycles. The lowest BCUT2D eigenvalue weighted by molar-refractivity contribution is 0.0991. The number of halogens is 2. The van der Waals surface area contributed by atoms with Gasteiger partial charge in [-0.05, 0) is 54.8 Å². The summed E-state index contributed by atoms with van der Waals surface area (Å²) in [4.78, 5) is 38.0. The Hall–Kier alpha value is -4.92. The Labute approximate surface area is 228 Å². The highest BCUT2D eigenvalue weighted by Crippen LogP contribution is 2.32. The molecule has 0 fully saturated rings. The Kier molecular flexibility index (Phi) is 7.37. The number of hydrogen-bond donors (Lipinski definition) is 1. The van der Waals surface area contributed by atoms with E-state index in [1.54, 1.807) is 25.3 Å². The molecule has 0 amide bonds. The van der Waals surface area contributed by atoms with Crippen molar-refractivity contribution in [3.8, 4) is 28.5 Å². The molecule has 40 heavy (non-hydrogen) atoms. The fourth-order valence-electron chi connectivity index (χ4n) is 4.51. The molecule has 202 valence electrons. The van der Waals surface area contributed by atoms with Crippen LogP contribution in [-0.2, 0) is 12.8 Å². The van der Waals surface area contributed by atoms with E-state index in [0.717, 1.165) is 5.56 Å². The number of fused-ring (bicyclic) bond motifs is 1. The minimum absolute atomic E-state index is 0.0594. The van der Waals surface area contributed by atoms with Crippen LogP contribution in [0.1, 0.15) is 34.1 Å². The van der Waals surface area contributed by atoms with E-state index < -0.39 is 22.8 Å². The molecule has 0 saturated carbocycles. The minimum Gasteiger partial charge on any atom is -0.481 e. The van der Waals surface area contributed by atoms with E-state index in [1.165, 1.54) is 49.7 Å². The number of ether oxygens (including phenoxy) is 2. The number of rotatable bonds is 8. The Morgan fingerprint density at radius 1 is 1.02 bits per heavy atom. The summed E-state index contributed by atoms with van der Waals surface area (Å²) in [6.07, 6.45) is 3.40. The number of Topliss-reactive ketones (excluding diaryl/α,β-unsaturated/α-hetero) is 1. The van der Waals surface area contributed by atoms with E-state index in [2.05, 4.69) is 15.0 Å². The van der Waals surface area contributed by atoms with E-state index in [1.807, 2.05) is 13.0 Å². The molecular weight excluding hydrogens is 516 g/mol. The zero-order valence-electron chi connectivity index (χ0n) is 22.0. The Balaban J connectivity index is 1.40. The van der Waals surface area contributed by atoms with E-state index in [0.29, 0.717) is 45.9 Å². The molecule has 7 nitrogen and oxygen atoms in total. The molecule has 3 heterocycles. The molecule has 0 bridgehead atoms. The molecule has 5 aromatic rings. The van der Waals surface area contributed by atoms with Gasteiger partial charge < -0.3 is 14.5 Å². The van der Waals surface area contributed by atoms with Gasteiger partial charge in [-0.15, -0.1) is 0 Å².